The fraction of sp³-hybridized carbons (Fsp3) is 0.429. The smallest absolute Gasteiger partial charge is 0.0305 e. The van der Waals surface area contributed by atoms with Crippen molar-refractivity contribution in [2.75, 3.05) is 13.6 Å². The Balaban J connectivity index is 2.53. The van der Waals surface area contributed by atoms with Gasteiger partial charge in [-0.05, 0) is 50.4 Å². The van der Waals surface area contributed by atoms with E-state index < -0.39 is 0 Å². The number of thiophene rings is 1. The fourth-order valence-corrected chi connectivity index (χ4v) is 3.71. The molecule has 1 aromatic heterocycles. The van der Waals surface area contributed by atoms with Crippen LogP contribution in [0.25, 0.3) is 11.6 Å². The van der Waals surface area contributed by atoms with Gasteiger partial charge in [-0.25, -0.2) is 0 Å². The molecule has 0 aliphatic heterocycles. The molecule has 1 heterocycles. The SMILES string of the molecule is C=Cc1sc(C)c2c1CCC(CNC)=C2C. The number of nitrogens with one attached hydrogen (secondary N) is 1. The number of likely N-dealkylation sites (N-methyl/N-ethyl adjacent to an activating group) is 1. The minimum atomic E-state index is 1.02. The van der Waals surface area contributed by atoms with Crippen LogP contribution in [-0.2, 0) is 6.42 Å². The summed E-state index contributed by atoms with van der Waals surface area (Å²) in [6.45, 7) is 9.42. The highest BCUT2D eigenvalue weighted by molar-refractivity contribution is 7.13. The third kappa shape index (κ3) is 1.76. The van der Waals surface area contributed by atoms with Crippen molar-refractivity contribution in [3.05, 3.63) is 33.0 Å². The van der Waals surface area contributed by atoms with Gasteiger partial charge in [0.25, 0.3) is 0 Å². The summed E-state index contributed by atoms with van der Waals surface area (Å²) in [5.74, 6) is 0. The molecule has 2 rings (SSSR count). The van der Waals surface area contributed by atoms with Crippen LogP contribution in [0.5, 0.6) is 0 Å². The Morgan fingerprint density at radius 2 is 2.12 bits per heavy atom. The molecule has 1 aliphatic rings. The molecule has 0 aromatic carbocycles. The number of rotatable bonds is 3. The van der Waals surface area contributed by atoms with Crippen molar-refractivity contribution < 1.29 is 0 Å². The second kappa shape index (κ2) is 4.56. The maximum Gasteiger partial charge on any atom is 0.0305 e. The van der Waals surface area contributed by atoms with Gasteiger partial charge in [0, 0.05) is 16.3 Å². The molecule has 1 aromatic rings. The first kappa shape index (κ1) is 11.6. The van der Waals surface area contributed by atoms with Gasteiger partial charge in [-0.3, -0.25) is 0 Å². The summed E-state index contributed by atoms with van der Waals surface area (Å²) in [6.07, 6.45) is 4.37. The van der Waals surface area contributed by atoms with Crippen molar-refractivity contribution in [2.24, 2.45) is 0 Å². The number of allylic oxidation sites excluding steroid dienone is 1. The van der Waals surface area contributed by atoms with Crippen LogP contribution < -0.4 is 5.32 Å². The van der Waals surface area contributed by atoms with Gasteiger partial charge in [-0.2, -0.15) is 0 Å². The molecule has 0 atom stereocenters. The first-order valence-corrected chi connectivity index (χ1v) is 6.59. The zero-order chi connectivity index (χ0) is 11.7. The van der Waals surface area contributed by atoms with Crippen molar-refractivity contribution in [3.8, 4) is 0 Å². The number of hydrogen-bond acceptors (Lipinski definition) is 2. The van der Waals surface area contributed by atoms with Crippen LogP contribution in [0.15, 0.2) is 12.2 Å². The molecule has 2 heteroatoms. The van der Waals surface area contributed by atoms with E-state index >= 15 is 0 Å². The Morgan fingerprint density at radius 3 is 2.75 bits per heavy atom. The van der Waals surface area contributed by atoms with Gasteiger partial charge < -0.3 is 5.32 Å². The minimum absolute atomic E-state index is 1.02. The lowest BCUT2D eigenvalue weighted by Crippen LogP contribution is -2.15. The highest BCUT2D eigenvalue weighted by atomic mass is 32.1. The molecular formula is C14H19NS. The summed E-state index contributed by atoms with van der Waals surface area (Å²) in [6, 6.07) is 0. The van der Waals surface area contributed by atoms with Crippen LogP contribution >= 0.6 is 11.3 Å². The van der Waals surface area contributed by atoms with Gasteiger partial charge in [0.05, 0.1) is 0 Å². The monoisotopic (exact) mass is 233 g/mol. The second-order valence-electron chi connectivity index (χ2n) is 4.34. The van der Waals surface area contributed by atoms with Crippen molar-refractivity contribution in [2.45, 2.75) is 26.7 Å². The van der Waals surface area contributed by atoms with Gasteiger partial charge >= 0.3 is 0 Å². The molecule has 1 nitrogen and oxygen atoms in total. The zero-order valence-electron chi connectivity index (χ0n) is 10.3. The van der Waals surface area contributed by atoms with Crippen molar-refractivity contribution >= 4 is 23.0 Å². The maximum atomic E-state index is 3.91. The Kier molecular flexibility index (Phi) is 3.31. The van der Waals surface area contributed by atoms with E-state index in [9.17, 15) is 0 Å². The third-order valence-corrected chi connectivity index (χ3v) is 4.52. The molecule has 16 heavy (non-hydrogen) atoms. The standard InChI is InChI=1S/C14H19NS/c1-5-13-12-7-6-11(8-15-4)9(2)14(12)10(3)16-13/h5,15H,1,6-8H2,2-4H3. The van der Waals surface area contributed by atoms with E-state index in [0.717, 1.165) is 6.54 Å². The molecule has 1 N–H and O–H groups in total. The summed E-state index contributed by atoms with van der Waals surface area (Å²) in [5, 5.41) is 3.26. The number of hydrogen-bond donors (Lipinski definition) is 1. The highest BCUT2D eigenvalue weighted by Gasteiger charge is 2.21. The van der Waals surface area contributed by atoms with Crippen molar-refractivity contribution in [1.29, 1.82) is 0 Å². The largest absolute Gasteiger partial charge is 0.316 e. The Morgan fingerprint density at radius 1 is 1.38 bits per heavy atom. The van der Waals surface area contributed by atoms with E-state index in [0.29, 0.717) is 0 Å². The Bertz CT molecular complexity index is 452. The van der Waals surface area contributed by atoms with E-state index in [2.05, 4.69) is 25.7 Å². The molecule has 86 valence electrons. The highest BCUT2D eigenvalue weighted by Crippen LogP contribution is 2.40. The van der Waals surface area contributed by atoms with Gasteiger partial charge in [0.1, 0.15) is 0 Å². The molecule has 0 fully saturated rings. The summed E-state index contributed by atoms with van der Waals surface area (Å²) in [7, 11) is 2.02. The average molecular weight is 233 g/mol. The summed E-state index contributed by atoms with van der Waals surface area (Å²) in [5.41, 5.74) is 6.07. The van der Waals surface area contributed by atoms with Gasteiger partial charge in [-0.1, -0.05) is 18.2 Å². The van der Waals surface area contributed by atoms with Crippen LogP contribution in [0.3, 0.4) is 0 Å². The molecular weight excluding hydrogens is 214 g/mol. The molecule has 0 bridgehead atoms. The fourth-order valence-electron chi connectivity index (χ4n) is 2.59. The first-order chi connectivity index (χ1) is 7.69. The van der Waals surface area contributed by atoms with Crippen LogP contribution in [0, 0.1) is 6.92 Å². The zero-order valence-corrected chi connectivity index (χ0v) is 11.1. The predicted octanol–water partition coefficient (Wildman–Crippen LogP) is 3.64. The normalized spacial score (nSPS) is 15.2. The van der Waals surface area contributed by atoms with Crippen LogP contribution in [0.4, 0.5) is 0 Å². The molecule has 0 amide bonds. The van der Waals surface area contributed by atoms with E-state index in [-0.39, 0.29) is 0 Å². The summed E-state index contributed by atoms with van der Waals surface area (Å²) >= 11 is 1.88. The van der Waals surface area contributed by atoms with E-state index in [1.54, 1.807) is 5.57 Å². The van der Waals surface area contributed by atoms with Gasteiger partial charge in [-0.15, -0.1) is 11.3 Å². The molecule has 0 spiro atoms. The van der Waals surface area contributed by atoms with Gasteiger partial charge in [0.2, 0.25) is 0 Å². The Labute approximate surface area is 102 Å². The van der Waals surface area contributed by atoms with Gasteiger partial charge in [0.15, 0.2) is 0 Å². The summed E-state index contributed by atoms with van der Waals surface area (Å²) in [4.78, 5) is 2.81. The lowest BCUT2D eigenvalue weighted by atomic mass is 9.86. The molecule has 0 unspecified atom stereocenters. The Hall–Kier alpha value is -0.860. The number of aryl methyl sites for hydroxylation is 1. The predicted molar refractivity (Wildman–Crippen MR) is 74.0 cm³/mol. The number of fused-ring (bicyclic) bond motifs is 1. The van der Waals surface area contributed by atoms with Crippen LogP contribution in [-0.4, -0.2) is 13.6 Å². The molecule has 0 saturated heterocycles. The second-order valence-corrected chi connectivity index (χ2v) is 5.60. The van der Waals surface area contributed by atoms with Crippen LogP contribution in [0.1, 0.15) is 34.2 Å². The average Bonchev–Trinajstić information content (AvgIpc) is 2.60. The lowest BCUT2D eigenvalue weighted by Gasteiger charge is -2.20. The minimum Gasteiger partial charge on any atom is -0.316 e. The van der Waals surface area contributed by atoms with E-state index in [1.165, 1.54) is 39.3 Å². The maximum absolute atomic E-state index is 3.91. The molecule has 0 radical (unpaired) electrons. The molecule has 1 aliphatic carbocycles. The van der Waals surface area contributed by atoms with Crippen LogP contribution in [0.2, 0.25) is 0 Å². The first-order valence-electron chi connectivity index (χ1n) is 5.77. The van der Waals surface area contributed by atoms with Crippen molar-refractivity contribution in [1.82, 2.24) is 5.32 Å². The van der Waals surface area contributed by atoms with E-state index in [4.69, 9.17) is 0 Å². The van der Waals surface area contributed by atoms with Crippen molar-refractivity contribution in [3.63, 3.8) is 0 Å². The quantitative estimate of drug-likeness (QED) is 0.840. The lowest BCUT2D eigenvalue weighted by molar-refractivity contribution is 0.803. The molecule has 0 saturated carbocycles. The third-order valence-electron chi connectivity index (χ3n) is 3.37. The topological polar surface area (TPSA) is 12.0 Å². The summed E-state index contributed by atoms with van der Waals surface area (Å²) < 4.78 is 0. The van der Waals surface area contributed by atoms with E-state index in [1.807, 2.05) is 24.5 Å².